The lowest BCUT2D eigenvalue weighted by Crippen LogP contribution is -2.43. The molecular formula is C17H24N4O2. The molecule has 0 fully saturated rings. The molecule has 0 spiro atoms. The summed E-state index contributed by atoms with van der Waals surface area (Å²) >= 11 is 0. The van der Waals surface area contributed by atoms with Gasteiger partial charge >= 0.3 is 6.03 Å². The van der Waals surface area contributed by atoms with Crippen LogP contribution in [0.25, 0.3) is 0 Å². The SMILES string of the molecule is COc1ccc(C(C)(C)CNC(=O)NCCn2cccn2)cc1. The van der Waals surface area contributed by atoms with Gasteiger partial charge in [0, 0.05) is 30.9 Å². The Balaban J connectivity index is 1.77. The zero-order valence-electron chi connectivity index (χ0n) is 13.9. The lowest BCUT2D eigenvalue weighted by atomic mass is 9.84. The maximum Gasteiger partial charge on any atom is 0.314 e. The van der Waals surface area contributed by atoms with Crippen LogP contribution < -0.4 is 15.4 Å². The van der Waals surface area contributed by atoms with Gasteiger partial charge in [0.25, 0.3) is 0 Å². The van der Waals surface area contributed by atoms with Crippen molar-refractivity contribution in [1.29, 1.82) is 0 Å². The summed E-state index contributed by atoms with van der Waals surface area (Å²) in [5, 5.41) is 9.84. The van der Waals surface area contributed by atoms with E-state index in [1.54, 1.807) is 18.0 Å². The number of methoxy groups -OCH3 is 1. The van der Waals surface area contributed by atoms with Gasteiger partial charge in [0.15, 0.2) is 0 Å². The van der Waals surface area contributed by atoms with E-state index in [4.69, 9.17) is 4.74 Å². The van der Waals surface area contributed by atoms with E-state index in [0.29, 0.717) is 19.6 Å². The van der Waals surface area contributed by atoms with Gasteiger partial charge in [-0.25, -0.2) is 4.79 Å². The van der Waals surface area contributed by atoms with Crippen molar-refractivity contribution in [2.24, 2.45) is 0 Å². The van der Waals surface area contributed by atoms with Crippen molar-refractivity contribution < 1.29 is 9.53 Å². The zero-order chi connectivity index (χ0) is 16.7. The van der Waals surface area contributed by atoms with Gasteiger partial charge < -0.3 is 15.4 Å². The lowest BCUT2D eigenvalue weighted by molar-refractivity contribution is 0.238. The average molecular weight is 316 g/mol. The van der Waals surface area contributed by atoms with E-state index in [1.807, 2.05) is 36.5 Å². The third kappa shape index (κ3) is 5.02. The molecule has 0 bridgehead atoms. The molecule has 2 rings (SSSR count). The predicted octanol–water partition coefficient (Wildman–Crippen LogP) is 2.17. The Morgan fingerprint density at radius 2 is 2.00 bits per heavy atom. The number of aromatic nitrogens is 2. The van der Waals surface area contributed by atoms with E-state index >= 15 is 0 Å². The first-order valence-electron chi connectivity index (χ1n) is 7.65. The van der Waals surface area contributed by atoms with E-state index in [0.717, 1.165) is 11.3 Å². The maximum absolute atomic E-state index is 11.9. The smallest absolute Gasteiger partial charge is 0.314 e. The molecule has 1 aromatic heterocycles. The molecule has 0 aliphatic rings. The monoisotopic (exact) mass is 316 g/mol. The van der Waals surface area contributed by atoms with Crippen molar-refractivity contribution in [1.82, 2.24) is 20.4 Å². The van der Waals surface area contributed by atoms with Gasteiger partial charge in [-0.15, -0.1) is 0 Å². The Kier molecular flexibility index (Phi) is 5.62. The van der Waals surface area contributed by atoms with Crippen molar-refractivity contribution in [3.05, 3.63) is 48.3 Å². The molecule has 0 saturated carbocycles. The molecule has 2 amide bonds. The van der Waals surface area contributed by atoms with E-state index in [-0.39, 0.29) is 11.4 Å². The quantitative estimate of drug-likeness (QED) is 0.822. The standard InChI is InChI=1S/C17H24N4O2/c1-17(2,14-5-7-15(23-3)8-6-14)13-19-16(22)18-10-12-21-11-4-9-20-21/h4-9,11H,10,12-13H2,1-3H3,(H2,18,19,22). The second-order valence-corrected chi connectivity index (χ2v) is 5.99. The summed E-state index contributed by atoms with van der Waals surface area (Å²) in [5.74, 6) is 0.828. The summed E-state index contributed by atoms with van der Waals surface area (Å²) in [5.41, 5.74) is 0.987. The highest BCUT2D eigenvalue weighted by molar-refractivity contribution is 5.73. The van der Waals surface area contributed by atoms with Crippen molar-refractivity contribution in [3.63, 3.8) is 0 Å². The highest BCUT2D eigenvalue weighted by atomic mass is 16.5. The van der Waals surface area contributed by atoms with Crippen LogP contribution in [-0.2, 0) is 12.0 Å². The Bertz CT molecular complexity index is 606. The molecule has 0 aliphatic heterocycles. The molecule has 6 nitrogen and oxygen atoms in total. The second-order valence-electron chi connectivity index (χ2n) is 5.99. The molecule has 124 valence electrons. The highest BCUT2D eigenvalue weighted by Gasteiger charge is 2.21. The molecule has 6 heteroatoms. The van der Waals surface area contributed by atoms with Crippen LogP contribution in [0, 0.1) is 0 Å². The van der Waals surface area contributed by atoms with Gasteiger partial charge in [-0.1, -0.05) is 26.0 Å². The van der Waals surface area contributed by atoms with Gasteiger partial charge in [0.2, 0.25) is 0 Å². The van der Waals surface area contributed by atoms with Crippen LogP contribution in [0.2, 0.25) is 0 Å². The largest absolute Gasteiger partial charge is 0.497 e. The van der Waals surface area contributed by atoms with Crippen molar-refractivity contribution >= 4 is 6.03 Å². The van der Waals surface area contributed by atoms with Gasteiger partial charge in [-0.05, 0) is 23.8 Å². The molecule has 0 saturated heterocycles. The van der Waals surface area contributed by atoms with Crippen molar-refractivity contribution in [2.75, 3.05) is 20.2 Å². The number of nitrogens with one attached hydrogen (secondary N) is 2. The molecule has 2 N–H and O–H groups in total. The van der Waals surface area contributed by atoms with Crippen LogP contribution in [0.1, 0.15) is 19.4 Å². The first-order chi connectivity index (χ1) is 11.0. The number of benzene rings is 1. The minimum atomic E-state index is -0.168. The molecule has 23 heavy (non-hydrogen) atoms. The first-order valence-corrected chi connectivity index (χ1v) is 7.65. The number of hydrogen-bond acceptors (Lipinski definition) is 3. The molecule has 0 atom stereocenters. The molecular weight excluding hydrogens is 292 g/mol. The summed E-state index contributed by atoms with van der Waals surface area (Å²) in [6, 6.07) is 9.60. The fraction of sp³-hybridized carbons (Fsp3) is 0.412. The highest BCUT2D eigenvalue weighted by Crippen LogP contribution is 2.24. The lowest BCUT2D eigenvalue weighted by Gasteiger charge is -2.26. The summed E-state index contributed by atoms with van der Waals surface area (Å²) in [7, 11) is 1.65. The maximum atomic E-state index is 11.9. The number of amides is 2. The normalized spacial score (nSPS) is 11.1. The molecule has 2 aromatic rings. The summed E-state index contributed by atoms with van der Waals surface area (Å²) in [4.78, 5) is 11.9. The third-order valence-corrected chi connectivity index (χ3v) is 3.75. The molecule has 0 aliphatic carbocycles. The van der Waals surface area contributed by atoms with Crippen molar-refractivity contribution in [3.8, 4) is 5.75 Å². The van der Waals surface area contributed by atoms with Crippen LogP contribution in [0.3, 0.4) is 0 Å². The van der Waals surface area contributed by atoms with Crippen LogP contribution in [-0.4, -0.2) is 36.0 Å². The minimum Gasteiger partial charge on any atom is -0.497 e. The topological polar surface area (TPSA) is 68.2 Å². The van der Waals surface area contributed by atoms with E-state index in [2.05, 4.69) is 29.6 Å². The summed E-state index contributed by atoms with van der Waals surface area (Å²) in [6.07, 6.45) is 3.59. The van der Waals surface area contributed by atoms with Gasteiger partial charge in [-0.3, -0.25) is 4.68 Å². The van der Waals surface area contributed by atoms with Gasteiger partial charge in [0.05, 0.1) is 13.7 Å². The van der Waals surface area contributed by atoms with Gasteiger partial charge in [0.1, 0.15) is 5.75 Å². The van der Waals surface area contributed by atoms with E-state index in [9.17, 15) is 4.79 Å². The second kappa shape index (κ2) is 7.67. The summed E-state index contributed by atoms with van der Waals surface area (Å²) in [6.45, 7) is 5.93. The number of rotatable bonds is 7. The summed E-state index contributed by atoms with van der Waals surface area (Å²) < 4.78 is 6.95. The van der Waals surface area contributed by atoms with E-state index in [1.165, 1.54) is 0 Å². The van der Waals surface area contributed by atoms with Crippen LogP contribution in [0.4, 0.5) is 4.79 Å². The Morgan fingerprint density at radius 1 is 1.26 bits per heavy atom. The van der Waals surface area contributed by atoms with Crippen molar-refractivity contribution in [2.45, 2.75) is 25.8 Å². The molecule has 1 heterocycles. The molecule has 0 radical (unpaired) electrons. The number of carbonyl (C=O) groups is 1. The van der Waals surface area contributed by atoms with Crippen LogP contribution in [0.15, 0.2) is 42.7 Å². The third-order valence-electron chi connectivity index (χ3n) is 3.75. The Hall–Kier alpha value is -2.50. The number of carbonyl (C=O) groups excluding carboxylic acids is 1. The molecule has 0 unspecified atom stereocenters. The van der Waals surface area contributed by atoms with Crippen LogP contribution >= 0.6 is 0 Å². The number of ether oxygens (including phenoxy) is 1. The first kappa shape index (κ1) is 16.9. The number of nitrogens with zero attached hydrogens (tertiary/aromatic N) is 2. The molecule has 1 aromatic carbocycles. The average Bonchev–Trinajstić information content (AvgIpc) is 3.06. The van der Waals surface area contributed by atoms with Gasteiger partial charge in [-0.2, -0.15) is 5.10 Å². The van der Waals surface area contributed by atoms with E-state index < -0.39 is 0 Å². The fourth-order valence-electron chi connectivity index (χ4n) is 2.22. The minimum absolute atomic E-state index is 0.161. The Morgan fingerprint density at radius 3 is 2.61 bits per heavy atom. The Labute approximate surface area is 136 Å². The van der Waals surface area contributed by atoms with Crippen LogP contribution in [0.5, 0.6) is 5.75 Å². The zero-order valence-corrected chi connectivity index (χ0v) is 13.9. The number of hydrogen-bond donors (Lipinski definition) is 2. The predicted molar refractivity (Wildman–Crippen MR) is 89.6 cm³/mol. The number of urea groups is 1. The fourth-order valence-corrected chi connectivity index (χ4v) is 2.22.